The highest BCUT2D eigenvalue weighted by atomic mass is 32.2. The van der Waals surface area contributed by atoms with Gasteiger partial charge in [-0.25, -0.2) is 4.79 Å². The Morgan fingerprint density at radius 3 is 2.16 bits per heavy atom. The largest absolute Gasteiger partial charge is 0.464 e. The Bertz CT molecular complexity index is 893. The fraction of sp³-hybridized carbons (Fsp3) is 0.727. The fourth-order valence-electron chi connectivity index (χ4n) is 4.72. The van der Waals surface area contributed by atoms with Crippen LogP contribution in [-0.2, 0) is 25.5 Å². The molecule has 0 saturated carbocycles. The molecule has 5 N–H and O–H groups in total. The smallest absolute Gasteiger partial charge is 0.328 e. The number of carbonyl (C=O) groups excluding carboxylic acids is 3. The van der Waals surface area contributed by atoms with Crippen molar-refractivity contribution in [1.82, 2.24) is 16.0 Å². The molecule has 0 radical (unpaired) electrons. The first-order valence-corrected chi connectivity index (χ1v) is 18.2. The van der Waals surface area contributed by atoms with Crippen LogP contribution in [0.15, 0.2) is 30.3 Å². The molecule has 8 nitrogen and oxygen atoms in total. The average molecular weight is 639 g/mol. The van der Waals surface area contributed by atoms with Crippen LogP contribution in [0.1, 0.15) is 90.5 Å². The normalized spacial score (nSPS) is 14.7. The molecule has 246 valence electrons. The van der Waals surface area contributed by atoms with Gasteiger partial charge in [0.05, 0.1) is 12.6 Å². The summed E-state index contributed by atoms with van der Waals surface area (Å²) < 4.78 is 5.60. The standard InChI is InChI=1S/C33H58N4O4S2/c1-5-7-8-9-10-11-12-16-20-41-33(40)28(19-21-43-4)36-31(38)29(22-26-17-14-13-15-18-26)37-32(39)30(25(3)6-2)35-23-27(34)24-42/h13-15,17-18,25,27-30,35,42H,5-12,16,19-24,34H2,1-4H3,(H,36,38)(H,37,39)/t25?,27?,28-,29-,30-/m0/s1. The van der Waals surface area contributed by atoms with E-state index in [9.17, 15) is 14.4 Å². The van der Waals surface area contributed by atoms with Crippen LogP contribution >= 0.6 is 24.4 Å². The van der Waals surface area contributed by atoms with E-state index < -0.39 is 30.0 Å². The molecule has 0 aliphatic carbocycles. The van der Waals surface area contributed by atoms with Crippen LogP contribution in [0, 0.1) is 5.92 Å². The summed E-state index contributed by atoms with van der Waals surface area (Å²) in [5.74, 6) is 0.118. The molecule has 2 unspecified atom stereocenters. The van der Waals surface area contributed by atoms with E-state index in [-0.39, 0.29) is 17.9 Å². The summed E-state index contributed by atoms with van der Waals surface area (Å²) in [6.45, 7) is 7.02. The Labute approximate surface area is 270 Å². The van der Waals surface area contributed by atoms with Crippen molar-refractivity contribution in [3.05, 3.63) is 35.9 Å². The number of benzene rings is 1. The van der Waals surface area contributed by atoms with Crippen molar-refractivity contribution >= 4 is 42.2 Å². The lowest BCUT2D eigenvalue weighted by molar-refractivity contribution is -0.148. The van der Waals surface area contributed by atoms with Gasteiger partial charge in [0.1, 0.15) is 12.1 Å². The first-order valence-electron chi connectivity index (χ1n) is 16.2. The van der Waals surface area contributed by atoms with E-state index in [0.29, 0.717) is 37.5 Å². The lowest BCUT2D eigenvalue weighted by Gasteiger charge is -2.28. The van der Waals surface area contributed by atoms with Crippen molar-refractivity contribution in [3.8, 4) is 0 Å². The highest BCUT2D eigenvalue weighted by Crippen LogP contribution is 2.12. The zero-order chi connectivity index (χ0) is 31.9. The molecule has 0 spiro atoms. The van der Waals surface area contributed by atoms with Crippen LogP contribution in [0.25, 0.3) is 0 Å². The van der Waals surface area contributed by atoms with Gasteiger partial charge in [-0.15, -0.1) is 0 Å². The first-order chi connectivity index (χ1) is 20.8. The number of hydrogen-bond acceptors (Lipinski definition) is 8. The maximum absolute atomic E-state index is 13.7. The van der Waals surface area contributed by atoms with Crippen LogP contribution in [0.4, 0.5) is 0 Å². The van der Waals surface area contributed by atoms with Crippen LogP contribution in [0.3, 0.4) is 0 Å². The monoisotopic (exact) mass is 638 g/mol. The Hall–Kier alpha value is -1.75. The lowest BCUT2D eigenvalue weighted by Crippen LogP contribution is -2.58. The fourth-order valence-corrected chi connectivity index (χ4v) is 5.32. The molecule has 2 amide bonds. The number of nitrogens with one attached hydrogen (secondary N) is 3. The molecule has 43 heavy (non-hydrogen) atoms. The number of unbranched alkanes of at least 4 members (excludes halogenated alkanes) is 7. The van der Waals surface area contributed by atoms with Gasteiger partial charge < -0.3 is 26.4 Å². The van der Waals surface area contributed by atoms with Crippen LogP contribution in [-0.4, -0.2) is 72.9 Å². The molecule has 0 heterocycles. The molecule has 0 aliphatic heterocycles. The number of amides is 2. The van der Waals surface area contributed by atoms with E-state index in [1.54, 1.807) is 11.8 Å². The maximum atomic E-state index is 13.7. The van der Waals surface area contributed by atoms with E-state index in [1.807, 2.05) is 50.4 Å². The van der Waals surface area contributed by atoms with Gasteiger partial charge in [-0.05, 0) is 36.3 Å². The van der Waals surface area contributed by atoms with Crippen LogP contribution in [0.5, 0.6) is 0 Å². The second-order valence-electron chi connectivity index (χ2n) is 11.5. The topological polar surface area (TPSA) is 123 Å². The summed E-state index contributed by atoms with van der Waals surface area (Å²) in [5.41, 5.74) is 6.95. The van der Waals surface area contributed by atoms with Crippen molar-refractivity contribution in [3.63, 3.8) is 0 Å². The van der Waals surface area contributed by atoms with Crippen molar-refractivity contribution in [1.29, 1.82) is 0 Å². The number of thiol groups is 1. The van der Waals surface area contributed by atoms with E-state index in [4.69, 9.17) is 10.5 Å². The summed E-state index contributed by atoms with van der Waals surface area (Å²) >= 11 is 5.85. The summed E-state index contributed by atoms with van der Waals surface area (Å²) in [6.07, 6.45) is 12.8. The molecular formula is C33H58N4O4S2. The number of nitrogens with two attached hydrogens (primary N) is 1. The number of rotatable bonds is 25. The predicted molar refractivity (Wildman–Crippen MR) is 184 cm³/mol. The number of carbonyl (C=O) groups is 3. The first kappa shape index (κ1) is 39.3. The van der Waals surface area contributed by atoms with Gasteiger partial charge in [-0.3, -0.25) is 9.59 Å². The maximum Gasteiger partial charge on any atom is 0.328 e. The SMILES string of the molecule is CCCCCCCCCCOC(=O)[C@H](CCSC)NC(=O)[C@H](Cc1ccccc1)NC(=O)[C@@H](NCC(N)CS)C(C)CC. The average Bonchev–Trinajstić information content (AvgIpc) is 3.01. The van der Waals surface area contributed by atoms with Crippen molar-refractivity contribution in [2.24, 2.45) is 11.7 Å². The van der Waals surface area contributed by atoms with Crippen LogP contribution in [0.2, 0.25) is 0 Å². The van der Waals surface area contributed by atoms with Gasteiger partial charge in [0, 0.05) is 24.8 Å². The molecule has 1 rings (SSSR count). The molecule has 0 saturated heterocycles. The molecule has 0 aromatic heterocycles. The minimum absolute atomic E-state index is 0.0215. The molecule has 10 heteroatoms. The molecule has 1 aromatic carbocycles. The van der Waals surface area contributed by atoms with Gasteiger partial charge in [-0.1, -0.05) is 102 Å². The summed E-state index contributed by atoms with van der Waals surface area (Å²) in [5, 5.41) is 9.16. The minimum atomic E-state index is -0.862. The van der Waals surface area contributed by atoms with E-state index >= 15 is 0 Å². The quantitative estimate of drug-likeness (QED) is 0.0587. The van der Waals surface area contributed by atoms with Crippen molar-refractivity contribution in [2.45, 2.75) is 116 Å². The summed E-state index contributed by atoms with van der Waals surface area (Å²) in [7, 11) is 0. The van der Waals surface area contributed by atoms with Crippen molar-refractivity contribution < 1.29 is 19.1 Å². The number of thioether (sulfide) groups is 1. The Balaban J connectivity index is 2.90. The van der Waals surface area contributed by atoms with Gasteiger partial charge in [0.25, 0.3) is 0 Å². The third kappa shape index (κ3) is 17.4. The van der Waals surface area contributed by atoms with Crippen LogP contribution < -0.4 is 21.7 Å². The minimum Gasteiger partial charge on any atom is -0.464 e. The zero-order valence-electron chi connectivity index (χ0n) is 26.9. The summed E-state index contributed by atoms with van der Waals surface area (Å²) in [4.78, 5) is 40.2. The van der Waals surface area contributed by atoms with Gasteiger partial charge in [0.2, 0.25) is 11.8 Å². The van der Waals surface area contributed by atoms with Gasteiger partial charge in [0.15, 0.2) is 0 Å². The summed E-state index contributed by atoms with van der Waals surface area (Å²) in [6, 6.07) is 7.20. The Kier molecular flexibility index (Phi) is 22.4. The van der Waals surface area contributed by atoms with E-state index in [2.05, 4.69) is 35.5 Å². The predicted octanol–water partition coefficient (Wildman–Crippen LogP) is 4.90. The van der Waals surface area contributed by atoms with E-state index in [0.717, 1.165) is 31.2 Å². The molecule has 0 aliphatic rings. The molecule has 5 atom stereocenters. The molecule has 0 bridgehead atoms. The van der Waals surface area contributed by atoms with Gasteiger partial charge >= 0.3 is 5.97 Å². The zero-order valence-corrected chi connectivity index (χ0v) is 28.7. The second-order valence-corrected chi connectivity index (χ2v) is 12.8. The molecule has 1 aromatic rings. The second kappa shape index (κ2) is 24.6. The molecular weight excluding hydrogens is 581 g/mol. The third-order valence-corrected chi connectivity index (χ3v) is 8.81. The number of esters is 1. The Morgan fingerprint density at radius 1 is 0.930 bits per heavy atom. The van der Waals surface area contributed by atoms with Crippen molar-refractivity contribution in [2.75, 3.05) is 30.9 Å². The van der Waals surface area contributed by atoms with Gasteiger partial charge in [-0.2, -0.15) is 24.4 Å². The number of ether oxygens (including phenoxy) is 1. The highest BCUT2D eigenvalue weighted by molar-refractivity contribution is 7.98. The molecule has 0 fully saturated rings. The lowest BCUT2D eigenvalue weighted by atomic mass is 9.97. The number of hydrogen-bond donors (Lipinski definition) is 5. The van der Waals surface area contributed by atoms with E-state index in [1.165, 1.54) is 32.1 Å². The highest BCUT2D eigenvalue weighted by Gasteiger charge is 2.31. The third-order valence-electron chi connectivity index (χ3n) is 7.70. The Morgan fingerprint density at radius 2 is 1.56 bits per heavy atom.